The van der Waals surface area contributed by atoms with Crippen molar-refractivity contribution in [2.24, 2.45) is 5.92 Å². The zero-order chi connectivity index (χ0) is 20.2. The number of hydrogen-bond donors (Lipinski definition) is 1. The Kier molecular flexibility index (Phi) is 5.37. The average molecular weight is 394 g/mol. The molecule has 9 nitrogen and oxygen atoms in total. The van der Waals surface area contributed by atoms with E-state index >= 15 is 0 Å². The number of rotatable bonds is 6. The quantitative estimate of drug-likeness (QED) is 0.508. The number of carbonyl (C=O) groups excluding carboxylic acids is 1. The number of anilines is 2. The number of hydrogen-bond acceptors (Lipinski definition) is 6. The molecule has 1 aromatic carbocycles. The highest BCUT2D eigenvalue weighted by Crippen LogP contribution is 2.27. The standard InChI is InChI=1S/C20H22N6O3/c27-19(21-20-23-22-18-3-1-2-12-25(18)20)9-4-15-10-13-24(14-11-15)16-5-7-17(8-6-16)26(28)29/h1-3,5-8,12,15H,4,9-11,13-14H2,(H,21,23,27). The molecule has 0 saturated carbocycles. The van der Waals surface area contributed by atoms with Crippen LogP contribution in [0.15, 0.2) is 48.7 Å². The molecule has 3 aromatic rings. The Morgan fingerprint density at radius 3 is 2.62 bits per heavy atom. The molecule has 1 N–H and O–H groups in total. The Labute approximate surface area is 167 Å². The van der Waals surface area contributed by atoms with Crippen LogP contribution in [0.5, 0.6) is 0 Å². The maximum atomic E-state index is 12.3. The van der Waals surface area contributed by atoms with Crippen molar-refractivity contribution in [1.29, 1.82) is 0 Å². The zero-order valence-corrected chi connectivity index (χ0v) is 15.9. The lowest BCUT2D eigenvalue weighted by atomic mass is 9.92. The van der Waals surface area contributed by atoms with Crippen molar-refractivity contribution in [3.8, 4) is 0 Å². The number of fused-ring (bicyclic) bond motifs is 1. The molecule has 2 aromatic heterocycles. The van der Waals surface area contributed by atoms with E-state index in [9.17, 15) is 14.9 Å². The van der Waals surface area contributed by atoms with Crippen molar-refractivity contribution in [1.82, 2.24) is 14.6 Å². The van der Waals surface area contributed by atoms with Crippen molar-refractivity contribution >= 4 is 28.9 Å². The van der Waals surface area contributed by atoms with E-state index in [-0.39, 0.29) is 16.5 Å². The van der Waals surface area contributed by atoms with Gasteiger partial charge in [0.15, 0.2) is 5.65 Å². The minimum absolute atomic E-state index is 0.0547. The summed E-state index contributed by atoms with van der Waals surface area (Å²) >= 11 is 0. The van der Waals surface area contributed by atoms with E-state index in [2.05, 4.69) is 20.4 Å². The summed E-state index contributed by atoms with van der Waals surface area (Å²) in [7, 11) is 0. The molecular weight excluding hydrogens is 372 g/mol. The van der Waals surface area contributed by atoms with E-state index in [0.717, 1.165) is 38.0 Å². The molecule has 0 radical (unpaired) electrons. The fourth-order valence-corrected chi connectivity index (χ4v) is 3.71. The molecule has 0 atom stereocenters. The number of nitrogens with zero attached hydrogens (tertiary/aromatic N) is 5. The van der Waals surface area contributed by atoms with Gasteiger partial charge in [0.2, 0.25) is 11.9 Å². The number of amides is 1. The Bertz CT molecular complexity index is 1010. The van der Waals surface area contributed by atoms with E-state index in [0.29, 0.717) is 23.9 Å². The normalized spacial score (nSPS) is 14.8. The molecule has 9 heteroatoms. The zero-order valence-electron chi connectivity index (χ0n) is 15.9. The largest absolute Gasteiger partial charge is 0.372 e. The Morgan fingerprint density at radius 2 is 1.90 bits per heavy atom. The summed E-state index contributed by atoms with van der Waals surface area (Å²) in [6.45, 7) is 1.78. The number of aromatic nitrogens is 3. The second kappa shape index (κ2) is 8.26. The van der Waals surface area contributed by atoms with Crippen LogP contribution in [0.25, 0.3) is 5.65 Å². The molecule has 1 fully saturated rings. The van der Waals surface area contributed by atoms with Crippen molar-refractivity contribution in [2.75, 3.05) is 23.3 Å². The number of carbonyl (C=O) groups is 1. The van der Waals surface area contributed by atoms with E-state index in [1.807, 2.05) is 24.4 Å². The summed E-state index contributed by atoms with van der Waals surface area (Å²) in [5.41, 5.74) is 1.81. The summed E-state index contributed by atoms with van der Waals surface area (Å²) in [6, 6.07) is 12.3. The molecule has 1 aliphatic rings. The number of benzene rings is 1. The molecule has 4 rings (SSSR count). The molecule has 1 aliphatic heterocycles. The van der Waals surface area contributed by atoms with Gasteiger partial charge in [-0.2, -0.15) is 0 Å². The lowest BCUT2D eigenvalue weighted by molar-refractivity contribution is -0.384. The minimum Gasteiger partial charge on any atom is -0.372 e. The monoisotopic (exact) mass is 394 g/mol. The maximum absolute atomic E-state index is 12.3. The second-order valence-electron chi connectivity index (χ2n) is 7.24. The van der Waals surface area contributed by atoms with Gasteiger partial charge in [0, 0.05) is 43.5 Å². The van der Waals surface area contributed by atoms with Crippen LogP contribution in [0.3, 0.4) is 0 Å². The first-order valence-electron chi connectivity index (χ1n) is 9.69. The fraction of sp³-hybridized carbons (Fsp3) is 0.350. The lowest BCUT2D eigenvalue weighted by Crippen LogP contribution is -2.33. The van der Waals surface area contributed by atoms with E-state index in [1.165, 1.54) is 0 Å². The van der Waals surface area contributed by atoms with E-state index in [1.54, 1.807) is 28.7 Å². The highest BCUT2D eigenvalue weighted by Gasteiger charge is 2.21. The molecule has 150 valence electrons. The first kappa shape index (κ1) is 18.9. The molecule has 29 heavy (non-hydrogen) atoms. The fourth-order valence-electron chi connectivity index (χ4n) is 3.71. The smallest absolute Gasteiger partial charge is 0.269 e. The van der Waals surface area contributed by atoms with Crippen molar-refractivity contribution in [2.45, 2.75) is 25.7 Å². The summed E-state index contributed by atoms with van der Waals surface area (Å²) in [4.78, 5) is 24.9. The van der Waals surface area contributed by atoms with Gasteiger partial charge in [0.05, 0.1) is 4.92 Å². The van der Waals surface area contributed by atoms with E-state index < -0.39 is 0 Å². The van der Waals surface area contributed by atoms with Gasteiger partial charge < -0.3 is 4.90 Å². The van der Waals surface area contributed by atoms with Gasteiger partial charge in [-0.15, -0.1) is 10.2 Å². The molecular formula is C20H22N6O3. The van der Waals surface area contributed by atoms with Gasteiger partial charge in [-0.1, -0.05) is 6.07 Å². The minimum atomic E-state index is -0.386. The van der Waals surface area contributed by atoms with Crippen molar-refractivity contribution in [3.63, 3.8) is 0 Å². The molecule has 0 spiro atoms. The number of nitrogens with one attached hydrogen (secondary N) is 1. The lowest BCUT2D eigenvalue weighted by Gasteiger charge is -2.33. The maximum Gasteiger partial charge on any atom is 0.269 e. The average Bonchev–Trinajstić information content (AvgIpc) is 3.15. The summed E-state index contributed by atoms with van der Waals surface area (Å²) in [5, 5.41) is 21.7. The molecule has 3 heterocycles. The van der Waals surface area contributed by atoms with Crippen LogP contribution in [0, 0.1) is 16.0 Å². The van der Waals surface area contributed by atoms with Crippen LogP contribution in [0.4, 0.5) is 17.3 Å². The predicted molar refractivity (Wildman–Crippen MR) is 109 cm³/mol. The van der Waals surface area contributed by atoms with Gasteiger partial charge in [-0.25, -0.2) is 0 Å². The Morgan fingerprint density at radius 1 is 1.14 bits per heavy atom. The molecule has 0 aliphatic carbocycles. The van der Waals surface area contributed by atoms with Gasteiger partial charge in [-0.05, 0) is 49.4 Å². The van der Waals surface area contributed by atoms with Crippen molar-refractivity contribution < 1.29 is 9.72 Å². The SMILES string of the molecule is O=C(CCC1CCN(c2ccc([N+](=O)[O-])cc2)CC1)Nc1nnc2ccccn12. The van der Waals surface area contributed by atoms with Crippen LogP contribution in [0.1, 0.15) is 25.7 Å². The predicted octanol–water partition coefficient (Wildman–Crippen LogP) is 3.27. The first-order chi connectivity index (χ1) is 14.1. The molecule has 0 bridgehead atoms. The van der Waals surface area contributed by atoms with Crippen LogP contribution < -0.4 is 10.2 Å². The number of non-ortho nitro benzene ring substituents is 1. The Hall–Kier alpha value is -3.49. The number of piperidine rings is 1. The number of nitro benzene ring substituents is 1. The topological polar surface area (TPSA) is 106 Å². The Balaban J connectivity index is 1.24. The van der Waals surface area contributed by atoms with Crippen LogP contribution in [0.2, 0.25) is 0 Å². The van der Waals surface area contributed by atoms with Crippen LogP contribution in [-0.2, 0) is 4.79 Å². The van der Waals surface area contributed by atoms with Gasteiger partial charge >= 0.3 is 0 Å². The van der Waals surface area contributed by atoms with Crippen molar-refractivity contribution in [3.05, 3.63) is 58.8 Å². The third kappa shape index (κ3) is 4.34. The highest BCUT2D eigenvalue weighted by molar-refractivity contribution is 5.89. The van der Waals surface area contributed by atoms with Crippen LogP contribution >= 0.6 is 0 Å². The molecule has 1 amide bonds. The third-order valence-electron chi connectivity index (χ3n) is 5.38. The molecule has 1 saturated heterocycles. The first-order valence-corrected chi connectivity index (χ1v) is 9.69. The van der Waals surface area contributed by atoms with Gasteiger partial charge in [0.25, 0.3) is 5.69 Å². The summed E-state index contributed by atoms with van der Waals surface area (Å²) in [6.07, 6.45) is 5.09. The second-order valence-corrected chi connectivity index (χ2v) is 7.24. The summed E-state index contributed by atoms with van der Waals surface area (Å²) < 4.78 is 1.75. The van der Waals surface area contributed by atoms with E-state index in [4.69, 9.17) is 0 Å². The van der Waals surface area contributed by atoms with Crippen LogP contribution in [-0.4, -0.2) is 38.5 Å². The number of nitro groups is 1. The van der Waals surface area contributed by atoms with Gasteiger partial charge in [-0.3, -0.25) is 24.6 Å². The molecule has 0 unspecified atom stereocenters. The number of pyridine rings is 1. The third-order valence-corrected chi connectivity index (χ3v) is 5.38. The summed E-state index contributed by atoms with van der Waals surface area (Å²) in [5.74, 6) is 0.879. The highest BCUT2D eigenvalue weighted by atomic mass is 16.6. The van der Waals surface area contributed by atoms with Gasteiger partial charge in [0.1, 0.15) is 0 Å².